The van der Waals surface area contributed by atoms with Crippen LogP contribution in [0.15, 0.2) is 84.0 Å². The molecule has 34 heavy (non-hydrogen) atoms. The van der Waals surface area contributed by atoms with E-state index in [9.17, 15) is 13.2 Å². The van der Waals surface area contributed by atoms with Crippen molar-refractivity contribution < 1.29 is 23.2 Å². The van der Waals surface area contributed by atoms with Gasteiger partial charge in [-0.25, -0.2) is 13.9 Å². The minimum atomic E-state index is -3.86. The van der Waals surface area contributed by atoms with Crippen LogP contribution in [0.3, 0.4) is 0 Å². The lowest BCUT2D eigenvalue weighted by molar-refractivity contribution is -0.124. The Kier molecular flexibility index (Phi) is 8.39. The van der Waals surface area contributed by atoms with Gasteiger partial charge in [0.05, 0.1) is 17.7 Å². The van der Waals surface area contributed by atoms with Gasteiger partial charge in [0.15, 0.2) is 0 Å². The van der Waals surface area contributed by atoms with Crippen LogP contribution in [-0.4, -0.2) is 38.2 Å². The number of anilines is 1. The van der Waals surface area contributed by atoms with E-state index in [1.54, 1.807) is 66.4 Å². The molecule has 1 heterocycles. The number of rotatable bonds is 10. The molecule has 178 valence electrons. The number of benzene rings is 2. The average Bonchev–Trinajstić information content (AvgIpc) is 2.88. The van der Waals surface area contributed by atoms with Crippen molar-refractivity contribution in [1.29, 1.82) is 0 Å². The molecule has 3 rings (SSSR count). The molecule has 9 heteroatoms. The fraction of sp³-hybridized carbons (Fsp3) is 0.200. The Labute approximate surface area is 199 Å². The highest BCUT2D eigenvalue weighted by Crippen LogP contribution is 2.30. The van der Waals surface area contributed by atoms with Gasteiger partial charge in [-0.2, -0.15) is 0 Å². The zero-order valence-electron chi connectivity index (χ0n) is 19.0. The summed E-state index contributed by atoms with van der Waals surface area (Å²) in [5, 5.41) is 9.03. The van der Waals surface area contributed by atoms with E-state index in [0.717, 1.165) is 6.42 Å². The van der Waals surface area contributed by atoms with E-state index in [2.05, 4.69) is 4.98 Å². The van der Waals surface area contributed by atoms with Gasteiger partial charge in [-0.05, 0) is 60.0 Å². The van der Waals surface area contributed by atoms with Gasteiger partial charge < -0.3 is 4.74 Å². The summed E-state index contributed by atoms with van der Waals surface area (Å²) in [6, 6.07) is 16.7. The van der Waals surface area contributed by atoms with Crippen LogP contribution in [0.4, 0.5) is 5.69 Å². The summed E-state index contributed by atoms with van der Waals surface area (Å²) < 4.78 is 33.7. The number of nitrogens with zero attached hydrogens (tertiary/aromatic N) is 2. The lowest BCUT2D eigenvalue weighted by atomic mass is 9.98. The van der Waals surface area contributed by atoms with Crippen LogP contribution in [0.2, 0.25) is 0 Å². The summed E-state index contributed by atoms with van der Waals surface area (Å²) >= 11 is 0. The van der Waals surface area contributed by atoms with Gasteiger partial charge in [-0.15, -0.1) is 0 Å². The Morgan fingerprint density at radius 2 is 1.85 bits per heavy atom. The third kappa shape index (κ3) is 5.81. The first kappa shape index (κ1) is 24.9. The Hall–Kier alpha value is -3.69. The SMILES string of the molecule is CCCCN(c1cccc(/C(=C\C(=O)NO)c2cccnc2)c1)S(=O)(=O)c1ccc(OC)cc1. The highest BCUT2D eigenvalue weighted by atomic mass is 32.2. The van der Waals surface area contributed by atoms with Crippen molar-refractivity contribution >= 4 is 27.2 Å². The predicted molar refractivity (Wildman–Crippen MR) is 130 cm³/mol. The number of ether oxygens (including phenoxy) is 1. The number of pyridine rings is 1. The number of amides is 1. The van der Waals surface area contributed by atoms with Crippen molar-refractivity contribution in [3.8, 4) is 5.75 Å². The first-order valence-corrected chi connectivity index (χ1v) is 12.2. The molecule has 2 aromatic carbocycles. The molecule has 0 aliphatic heterocycles. The molecule has 0 saturated carbocycles. The molecule has 2 N–H and O–H groups in total. The highest BCUT2D eigenvalue weighted by molar-refractivity contribution is 7.92. The summed E-state index contributed by atoms with van der Waals surface area (Å²) in [7, 11) is -2.34. The number of hydrogen-bond acceptors (Lipinski definition) is 6. The topological polar surface area (TPSA) is 109 Å². The molecule has 0 fully saturated rings. The fourth-order valence-electron chi connectivity index (χ4n) is 3.41. The van der Waals surface area contributed by atoms with Crippen LogP contribution in [-0.2, 0) is 14.8 Å². The van der Waals surface area contributed by atoms with Gasteiger partial charge in [0.25, 0.3) is 15.9 Å². The van der Waals surface area contributed by atoms with Crippen molar-refractivity contribution in [3.05, 3.63) is 90.3 Å². The molecule has 0 unspecified atom stereocenters. The second kappa shape index (κ2) is 11.4. The molecule has 1 amide bonds. The Morgan fingerprint density at radius 1 is 1.12 bits per heavy atom. The van der Waals surface area contributed by atoms with Gasteiger partial charge in [0.2, 0.25) is 0 Å². The van der Waals surface area contributed by atoms with E-state index in [1.165, 1.54) is 29.6 Å². The summed E-state index contributed by atoms with van der Waals surface area (Å²) in [5.74, 6) is -0.146. The molecule has 0 aliphatic rings. The number of carbonyl (C=O) groups excluding carboxylic acids is 1. The van der Waals surface area contributed by atoms with E-state index in [-0.39, 0.29) is 11.4 Å². The molecule has 3 aromatic rings. The normalized spacial score (nSPS) is 11.7. The number of hydroxylamine groups is 1. The summed E-state index contributed by atoms with van der Waals surface area (Å²) in [4.78, 5) is 16.2. The third-order valence-corrected chi connectivity index (χ3v) is 7.01. The maximum atomic E-state index is 13.6. The molecule has 0 bridgehead atoms. The second-order valence-corrected chi connectivity index (χ2v) is 9.29. The third-order valence-electron chi connectivity index (χ3n) is 5.17. The molecular weight excluding hydrogens is 454 g/mol. The Morgan fingerprint density at radius 3 is 2.47 bits per heavy atom. The van der Waals surface area contributed by atoms with Gasteiger partial charge in [0, 0.05) is 30.6 Å². The molecule has 0 spiro atoms. The van der Waals surface area contributed by atoms with Crippen LogP contribution in [0.5, 0.6) is 5.75 Å². The molecule has 8 nitrogen and oxygen atoms in total. The van der Waals surface area contributed by atoms with Gasteiger partial charge in [-0.1, -0.05) is 31.5 Å². The number of aromatic nitrogens is 1. The Balaban J connectivity index is 2.10. The van der Waals surface area contributed by atoms with Crippen molar-refractivity contribution in [3.63, 3.8) is 0 Å². The first-order valence-electron chi connectivity index (χ1n) is 10.7. The predicted octanol–water partition coefficient (Wildman–Crippen LogP) is 4.02. The molecule has 0 radical (unpaired) electrons. The lowest BCUT2D eigenvalue weighted by Crippen LogP contribution is -2.32. The molecule has 0 aliphatic carbocycles. The summed E-state index contributed by atoms with van der Waals surface area (Å²) in [5.41, 5.74) is 3.79. The largest absolute Gasteiger partial charge is 0.497 e. The molecular formula is C25H27N3O5S. The van der Waals surface area contributed by atoms with Gasteiger partial charge in [0.1, 0.15) is 5.75 Å². The summed E-state index contributed by atoms with van der Waals surface area (Å²) in [6.07, 6.45) is 5.91. The number of methoxy groups -OCH3 is 1. The lowest BCUT2D eigenvalue weighted by Gasteiger charge is -2.25. The van der Waals surface area contributed by atoms with Crippen molar-refractivity contribution in [1.82, 2.24) is 10.5 Å². The first-order chi connectivity index (χ1) is 16.4. The smallest absolute Gasteiger partial charge is 0.267 e. The van der Waals surface area contributed by atoms with Crippen LogP contribution in [0.1, 0.15) is 30.9 Å². The minimum absolute atomic E-state index is 0.150. The van der Waals surface area contributed by atoms with Crippen molar-refractivity contribution in [2.24, 2.45) is 0 Å². The highest BCUT2D eigenvalue weighted by Gasteiger charge is 2.25. The van der Waals surface area contributed by atoms with E-state index < -0.39 is 15.9 Å². The average molecular weight is 482 g/mol. The zero-order valence-corrected chi connectivity index (χ0v) is 19.8. The van der Waals surface area contributed by atoms with Gasteiger partial charge >= 0.3 is 0 Å². The number of nitrogens with one attached hydrogen (secondary N) is 1. The van der Waals surface area contributed by atoms with Crippen LogP contribution in [0.25, 0.3) is 5.57 Å². The van der Waals surface area contributed by atoms with E-state index in [4.69, 9.17) is 9.94 Å². The number of carbonyl (C=O) groups is 1. The van der Waals surface area contributed by atoms with Crippen LogP contribution >= 0.6 is 0 Å². The fourth-order valence-corrected chi connectivity index (χ4v) is 4.91. The molecule has 0 saturated heterocycles. The monoisotopic (exact) mass is 481 g/mol. The van der Waals surface area contributed by atoms with Gasteiger partial charge in [-0.3, -0.25) is 19.3 Å². The standard InChI is InChI=1S/C25H27N3O5S/c1-3-4-15-28(34(31,32)23-12-10-22(33-2)11-13-23)21-9-5-7-19(16-21)24(17-25(29)27-30)20-8-6-14-26-18-20/h5-14,16-18,30H,3-4,15H2,1-2H3,(H,27,29)/b24-17+. The van der Waals surface area contributed by atoms with E-state index in [0.29, 0.717) is 34.6 Å². The van der Waals surface area contributed by atoms with Crippen molar-refractivity contribution in [2.75, 3.05) is 18.0 Å². The number of sulfonamides is 1. The van der Waals surface area contributed by atoms with E-state index in [1.807, 2.05) is 6.92 Å². The molecule has 1 aromatic heterocycles. The van der Waals surface area contributed by atoms with Crippen LogP contribution in [0, 0.1) is 0 Å². The van der Waals surface area contributed by atoms with Crippen molar-refractivity contribution in [2.45, 2.75) is 24.7 Å². The van der Waals surface area contributed by atoms with E-state index >= 15 is 0 Å². The van der Waals surface area contributed by atoms with Crippen LogP contribution < -0.4 is 14.5 Å². The zero-order chi connectivity index (χ0) is 24.6. The maximum absolute atomic E-state index is 13.6. The molecule has 0 atom stereocenters. The Bertz CT molecular complexity index is 1240. The summed E-state index contributed by atoms with van der Waals surface area (Å²) in [6.45, 7) is 2.28. The second-order valence-electron chi connectivity index (χ2n) is 7.43. The maximum Gasteiger partial charge on any atom is 0.267 e. The quantitative estimate of drug-likeness (QED) is 0.257. The number of hydrogen-bond donors (Lipinski definition) is 2. The number of unbranched alkanes of at least 4 members (excludes halogenated alkanes) is 1. The minimum Gasteiger partial charge on any atom is -0.497 e.